The molecule has 0 aliphatic carbocycles. The first kappa shape index (κ1) is 20.7. The van der Waals surface area contributed by atoms with Crippen LogP contribution in [0.1, 0.15) is 24.5 Å². The summed E-state index contributed by atoms with van der Waals surface area (Å²) >= 11 is 6.33. The highest BCUT2D eigenvalue weighted by atomic mass is 127. The number of hydrogen-bond donors (Lipinski definition) is 2. The van der Waals surface area contributed by atoms with E-state index >= 15 is 0 Å². The van der Waals surface area contributed by atoms with Gasteiger partial charge in [0.1, 0.15) is 0 Å². The summed E-state index contributed by atoms with van der Waals surface area (Å²) in [6, 6.07) is 5.73. The third kappa shape index (κ3) is 5.70. The number of fused-ring (bicyclic) bond motifs is 1. The van der Waals surface area contributed by atoms with Crippen LogP contribution in [0, 0.1) is 0 Å². The Kier molecular flexibility index (Phi) is 8.37. The fraction of sp³-hybridized carbons (Fsp3) is 0.389. The maximum Gasteiger partial charge on any atom is 0.191 e. The highest BCUT2D eigenvalue weighted by molar-refractivity contribution is 14.0. The van der Waals surface area contributed by atoms with Gasteiger partial charge in [0, 0.05) is 25.1 Å². The zero-order valence-corrected chi connectivity index (χ0v) is 17.7. The Balaban J connectivity index is 0.00000243. The van der Waals surface area contributed by atoms with Crippen LogP contribution < -0.4 is 20.1 Å². The number of benzene rings is 1. The molecule has 3 rings (SSSR count). The lowest BCUT2D eigenvalue weighted by molar-refractivity contribution is 0.297. The SMILES string of the molecule is CCNC(=NCc1cc(Cl)c2c(c1)OCCCO2)NCc1ccoc1.I. The molecule has 1 aliphatic heterocycles. The van der Waals surface area contributed by atoms with Crippen molar-refractivity contribution < 1.29 is 13.9 Å². The van der Waals surface area contributed by atoms with E-state index in [0.717, 1.165) is 30.1 Å². The van der Waals surface area contributed by atoms with Gasteiger partial charge in [-0.05, 0) is 30.7 Å². The monoisotopic (exact) mass is 491 g/mol. The van der Waals surface area contributed by atoms with E-state index in [1.165, 1.54) is 0 Å². The summed E-state index contributed by atoms with van der Waals surface area (Å²) in [5, 5.41) is 7.05. The van der Waals surface area contributed by atoms with Gasteiger partial charge in [0.25, 0.3) is 0 Å². The van der Waals surface area contributed by atoms with Crippen LogP contribution in [0.4, 0.5) is 0 Å². The number of nitrogens with one attached hydrogen (secondary N) is 2. The van der Waals surface area contributed by atoms with Crippen molar-refractivity contribution in [1.82, 2.24) is 10.6 Å². The molecule has 0 fully saturated rings. The number of rotatable bonds is 5. The largest absolute Gasteiger partial charge is 0.489 e. The summed E-state index contributed by atoms with van der Waals surface area (Å²) in [7, 11) is 0. The second-order valence-corrected chi connectivity index (χ2v) is 6.04. The first-order valence-electron chi connectivity index (χ1n) is 8.37. The highest BCUT2D eigenvalue weighted by Crippen LogP contribution is 2.38. The van der Waals surface area contributed by atoms with Crippen LogP contribution in [0.2, 0.25) is 5.02 Å². The van der Waals surface area contributed by atoms with Crippen molar-refractivity contribution in [3.63, 3.8) is 0 Å². The van der Waals surface area contributed by atoms with Crippen molar-refractivity contribution in [3.8, 4) is 11.5 Å². The molecule has 26 heavy (non-hydrogen) atoms. The van der Waals surface area contributed by atoms with Crippen LogP contribution in [0.5, 0.6) is 11.5 Å². The van der Waals surface area contributed by atoms with Gasteiger partial charge in [-0.3, -0.25) is 0 Å². The molecule has 0 atom stereocenters. The fourth-order valence-electron chi connectivity index (χ4n) is 2.47. The Labute approximate surface area is 175 Å². The van der Waals surface area contributed by atoms with E-state index in [1.54, 1.807) is 12.5 Å². The molecule has 142 valence electrons. The lowest BCUT2D eigenvalue weighted by atomic mass is 10.2. The molecule has 8 heteroatoms. The van der Waals surface area contributed by atoms with Crippen LogP contribution >= 0.6 is 35.6 Å². The summed E-state index contributed by atoms with van der Waals surface area (Å²) < 4.78 is 16.4. The summed E-state index contributed by atoms with van der Waals surface area (Å²) in [5.41, 5.74) is 2.03. The minimum Gasteiger partial charge on any atom is -0.489 e. The second-order valence-electron chi connectivity index (χ2n) is 5.64. The third-order valence-electron chi connectivity index (χ3n) is 3.67. The molecule has 0 saturated carbocycles. The maximum atomic E-state index is 6.33. The summed E-state index contributed by atoms with van der Waals surface area (Å²) in [5.74, 6) is 2.04. The maximum absolute atomic E-state index is 6.33. The summed E-state index contributed by atoms with van der Waals surface area (Å²) in [6.45, 7) is 5.18. The van der Waals surface area contributed by atoms with Crippen molar-refractivity contribution in [3.05, 3.63) is 46.9 Å². The Hall–Kier alpha value is -1.61. The number of hydrogen-bond acceptors (Lipinski definition) is 4. The normalized spacial score (nSPS) is 13.5. The first-order valence-corrected chi connectivity index (χ1v) is 8.75. The van der Waals surface area contributed by atoms with E-state index in [1.807, 2.05) is 25.1 Å². The van der Waals surface area contributed by atoms with Crippen LogP contribution in [0.15, 0.2) is 40.1 Å². The molecule has 2 aromatic rings. The molecule has 1 aromatic heterocycles. The van der Waals surface area contributed by atoms with Crippen molar-refractivity contribution in [2.45, 2.75) is 26.4 Å². The van der Waals surface area contributed by atoms with Crippen LogP contribution in [0.3, 0.4) is 0 Å². The van der Waals surface area contributed by atoms with Gasteiger partial charge in [0.05, 0.1) is 37.3 Å². The third-order valence-corrected chi connectivity index (χ3v) is 3.95. The molecular formula is C18H23ClIN3O3. The van der Waals surface area contributed by atoms with Gasteiger partial charge in [-0.1, -0.05) is 11.6 Å². The van der Waals surface area contributed by atoms with E-state index in [4.69, 9.17) is 25.5 Å². The fourth-order valence-corrected chi connectivity index (χ4v) is 2.75. The Morgan fingerprint density at radius 1 is 1.19 bits per heavy atom. The van der Waals surface area contributed by atoms with Crippen molar-refractivity contribution in [1.29, 1.82) is 0 Å². The number of aliphatic imine (C=N–C) groups is 1. The van der Waals surface area contributed by atoms with Gasteiger partial charge in [-0.15, -0.1) is 24.0 Å². The van der Waals surface area contributed by atoms with Gasteiger partial charge >= 0.3 is 0 Å². The highest BCUT2D eigenvalue weighted by Gasteiger charge is 2.15. The van der Waals surface area contributed by atoms with Gasteiger partial charge in [0.2, 0.25) is 0 Å². The van der Waals surface area contributed by atoms with E-state index in [9.17, 15) is 0 Å². The van der Waals surface area contributed by atoms with Gasteiger partial charge in [-0.25, -0.2) is 4.99 Å². The lowest BCUT2D eigenvalue weighted by Gasteiger charge is -2.12. The van der Waals surface area contributed by atoms with Gasteiger partial charge < -0.3 is 24.5 Å². The van der Waals surface area contributed by atoms with Crippen LogP contribution in [0.25, 0.3) is 0 Å². The molecule has 0 radical (unpaired) electrons. The number of halogens is 2. The average Bonchev–Trinajstić information content (AvgIpc) is 3.01. The zero-order valence-electron chi connectivity index (χ0n) is 14.6. The van der Waals surface area contributed by atoms with Gasteiger partial charge in [0.15, 0.2) is 17.5 Å². The molecule has 6 nitrogen and oxygen atoms in total. The topological polar surface area (TPSA) is 68.0 Å². The number of guanidine groups is 1. The summed E-state index contributed by atoms with van der Waals surface area (Å²) in [4.78, 5) is 4.61. The molecule has 2 N–H and O–H groups in total. The van der Waals surface area contributed by atoms with Crippen molar-refractivity contribution in [2.75, 3.05) is 19.8 Å². The molecule has 0 amide bonds. The minimum absolute atomic E-state index is 0. The minimum atomic E-state index is 0. The molecule has 0 spiro atoms. The number of furan rings is 1. The van der Waals surface area contributed by atoms with Crippen LogP contribution in [-0.4, -0.2) is 25.7 Å². The first-order chi connectivity index (χ1) is 12.3. The summed E-state index contributed by atoms with van der Waals surface area (Å²) in [6.07, 6.45) is 4.21. The van der Waals surface area contributed by atoms with E-state index < -0.39 is 0 Å². The van der Waals surface area contributed by atoms with Crippen LogP contribution in [-0.2, 0) is 13.1 Å². The molecule has 0 bridgehead atoms. The standard InChI is InChI=1S/C18H22ClN3O3.HI/c1-2-20-18(21-10-13-4-7-23-12-13)22-11-14-8-15(19)17-16(9-14)24-5-3-6-25-17;/h4,7-9,12H,2-3,5-6,10-11H2,1H3,(H2,20,21,22);1H. The molecule has 1 aliphatic rings. The Morgan fingerprint density at radius 2 is 2.04 bits per heavy atom. The molecular weight excluding hydrogens is 469 g/mol. The molecule has 0 saturated heterocycles. The molecule has 2 heterocycles. The zero-order chi connectivity index (χ0) is 17.5. The van der Waals surface area contributed by atoms with Gasteiger partial charge in [-0.2, -0.15) is 0 Å². The second kappa shape index (κ2) is 10.5. The number of ether oxygens (including phenoxy) is 2. The molecule has 1 aromatic carbocycles. The smallest absolute Gasteiger partial charge is 0.191 e. The van der Waals surface area contributed by atoms with Crippen molar-refractivity contribution >= 4 is 41.5 Å². The quantitative estimate of drug-likeness (QED) is 0.376. The number of nitrogens with zero attached hydrogens (tertiary/aromatic N) is 1. The average molecular weight is 492 g/mol. The van der Waals surface area contributed by atoms with E-state index in [-0.39, 0.29) is 24.0 Å². The molecule has 0 unspecified atom stereocenters. The Bertz CT molecular complexity index is 723. The Morgan fingerprint density at radius 3 is 2.81 bits per heavy atom. The van der Waals surface area contributed by atoms with E-state index in [2.05, 4.69) is 15.6 Å². The lowest BCUT2D eigenvalue weighted by Crippen LogP contribution is -2.36. The predicted molar refractivity (Wildman–Crippen MR) is 113 cm³/mol. The predicted octanol–water partition coefficient (Wildman–Crippen LogP) is 3.97. The van der Waals surface area contributed by atoms with Crippen molar-refractivity contribution in [2.24, 2.45) is 4.99 Å². The van der Waals surface area contributed by atoms with E-state index in [0.29, 0.717) is 42.8 Å².